The van der Waals surface area contributed by atoms with Crippen LogP contribution in [0.4, 0.5) is 11.4 Å². The Morgan fingerprint density at radius 1 is 1.35 bits per heavy atom. The lowest BCUT2D eigenvalue weighted by Crippen LogP contribution is -2.38. The Labute approximate surface area is 117 Å². The molecule has 0 bridgehead atoms. The molecule has 1 aliphatic rings. The number of benzene rings is 1. The minimum Gasteiger partial charge on any atom is -0.317 e. The predicted octanol–water partition coefficient (Wildman–Crippen LogP) is 1.40. The van der Waals surface area contributed by atoms with Gasteiger partial charge in [-0.15, -0.1) is 0 Å². The van der Waals surface area contributed by atoms with Crippen molar-refractivity contribution < 1.29 is 13.3 Å². The standard InChI is InChI=1S/C12H17N3O4S/c1-9-2-3-10(8-12(9)15(16)17)14-20(18,19)11-4-6-13-7-5-11/h2-3,8,11,13-14H,4-7H2,1H3. The molecule has 0 atom stereocenters. The maximum atomic E-state index is 12.2. The molecular formula is C12H17N3O4S. The molecule has 1 aromatic carbocycles. The molecule has 0 spiro atoms. The van der Waals surface area contributed by atoms with E-state index in [1.807, 2.05) is 0 Å². The molecule has 1 fully saturated rings. The molecule has 20 heavy (non-hydrogen) atoms. The third-order valence-corrected chi connectivity index (χ3v) is 5.26. The summed E-state index contributed by atoms with van der Waals surface area (Å²) in [7, 11) is -3.50. The van der Waals surface area contributed by atoms with Crippen molar-refractivity contribution in [2.75, 3.05) is 17.8 Å². The van der Waals surface area contributed by atoms with E-state index < -0.39 is 20.2 Å². The number of piperidine rings is 1. The van der Waals surface area contributed by atoms with Gasteiger partial charge in [-0.25, -0.2) is 8.42 Å². The molecular weight excluding hydrogens is 282 g/mol. The molecule has 0 aromatic heterocycles. The molecule has 110 valence electrons. The highest BCUT2D eigenvalue weighted by Crippen LogP contribution is 2.24. The van der Waals surface area contributed by atoms with Gasteiger partial charge in [-0.05, 0) is 38.9 Å². The Bertz CT molecular complexity index is 609. The summed E-state index contributed by atoms with van der Waals surface area (Å²) in [6.07, 6.45) is 1.09. The normalized spacial score (nSPS) is 16.9. The molecule has 0 unspecified atom stereocenters. The van der Waals surface area contributed by atoms with Crippen LogP contribution in [0.5, 0.6) is 0 Å². The lowest BCUT2D eigenvalue weighted by molar-refractivity contribution is -0.385. The molecule has 0 radical (unpaired) electrons. The van der Waals surface area contributed by atoms with Crippen LogP contribution < -0.4 is 10.0 Å². The Morgan fingerprint density at radius 3 is 2.60 bits per heavy atom. The number of anilines is 1. The van der Waals surface area contributed by atoms with Gasteiger partial charge in [0.15, 0.2) is 0 Å². The van der Waals surface area contributed by atoms with Crippen molar-refractivity contribution in [3.8, 4) is 0 Å². The highest BCUT2D eigenvalue weighted by molar-refractivity contribution is 7.93. The fourth-order valence-electron chi connectivity index (χ4n) is 2.22. The van der Waals surface area contributed by atoms with Gasteiger partial charge in [0.2, 0.25) is 10.0 Å². The number of hydrogen-bond donors (Lipinski definition) is 2. The summed E-state index contributed by atoms with van der Waals surface area (Å²) in [5, 5.41) is 13.5. The van der Waals surface area contributed by atoms with Crippen LogP contribution >= 0.6 is 0 Å². The van der Waals surface area contributed by atoms with Crippen molar-refractivity contribution in [2.45, 2.75) is 25.0 Å². The highest BCUT2D eigenvalue weighted by atomic mass is 32.2. The smallest absolute Gasteiger partial charge is 0.274 e. The summed E-state index contributed by atoms with van der Waals surface area (Å²) in [6.45, 7) is 2.95. The molecule has 0 aliphatic carbocycles. The number of nitro groups is 1. The third kappa shape index (κ3) is 3.26. The summed E-state index contributed by atoms with van der Waals surface area (Å²) in [4.78, 5) is 10.3. The van der Waals surface area contributed by atoms with E-state index in [2.05, 4.69) is 10.0 Å². The monoisotopic (exact) mass is 299 g/mol. The number of rotatable bonds is 4. The molecule has 1 saturated heterocycles. The Morgan fingerprint density at radius 2 is 2.00 bits per heavy atom. The van der Waals surface area contributed by atoms with E-state index in [1.165, 1.54) is 6.07 Å². The molecule has 1 heterocycles. The van der Waals surface area contributed by atoms with E-state index in [0.717, 1.165) is 0 Å². The minimum absolute atomic E-state index is 0.0875. The van der Waals surface area contributed by atoms with Crippen LogP contribution in [0, 0.1) is 17.0 Å². The first-order chi connectivity index (χ1) is 9.40. The highest BCUT2D eigenvalue weighted by Gasteiger charge is 2.27. The van der Waals surface area contributed by atoms with Gasteiger partial charge in [-0.3, -0.25) is 14.8 Å². The average molecular weight is 299 g/mol. The summed E-state index contributed by atoms with van der Waals surface area (Å²) in [5.41, 5.74) is 0.649. The van der Waals surface area contributed by atoms with Crippen molar-refractivity contribution in [3.05, 3.63) is 33.9 Å². The zero-order valence-electron chi connectivity index (χ0n) is 11.1. The van der Waals surface area contributed by atoms with Crippen molar-refractivity contribution in [1.82, 2.24) is 5.32 Å². The molecule has 2 rings (SSSR count). The average Bonchev–Trinajstić information content (AvgIpc) is 2.41. The van der Waals surface area contributed by atoms with Crippen molar-refractivity contribution in [3.63, 3.8) is 0 Å². The molecule has 8 heteroatoms. The fraction of sp³-hybridized carbons (Fsp3) is 0.500. The molecule has 0 amide bonds. The van der Waals surface area contributed by atoms with Gasteiger partial charge in [0, 0.05) is 11.6 Å². The fourth-order valence-corrected chi connectivity index (χ4v) is 3.70. The minimum atomic E-state index is -3.50. The van der Waals surface area contributed by atoms with Gasteiger partial charge < -0.3 is 5.32 Å². The van der Waals surface area contributed by atoms with E-state index in [4.69, 9.17) is 0 Å². The van der Waals surface area contributed by atoms with Gasteiger partial charge in [-0.2, -0.15) is 0 Å². The van der Waals surface area contributed by atoms with Crippen LogP contribution in [0.2, 0.25) is 0 Å². The van der Waals surface area contributed by atoms with Gasteiger partial charge >= 0.3 is 0 Å². The largest absolute Gasteiger partial charge is 0.317 e. The van der Waals surface area contributed by atoms with Crippen LogP contribution in [0.15, 0.2) is 18.2 Å². The molecule has 7 nitrogen and oxygen atoms in total. The maximum Gasteiger partial charge on any atom is 0.274 e. The number of sulfonamides is 1. The second-order valence-electron chi connectivity index (χ2n) is 4.85. The van der Waals surface area contributed by atoms with Gasteiger partial charge in [-0.1, -0.05) is 6.07 Å². The van der Waals surface area contributed by atoms with Crippen molar-refractivity contribution in [1.29, 1.82) is 0 Å². The Hall–Kier alpha value is -1.67. The first kappa shape index (κ1) is 14.7. The van der Waals surface area contributed by atoms with Crippen LogP contribution in [-0.4, -0.2) is 31.7 Å². The number of hydrogen-bond acceptors (Lipinski definition) is 5. The van der Waals surface area contributed by atoms with E-state index in [-0.39, 0.29) is 11.4 Å². The zero-order valence-corrected chi connectivity index (χ0v) is 11.9. The van der Waals surface area contributed by atoms with Crippen molar-refractivity contribution in [2.24, 2.45) is 0 Å². The second-order valence-corrected chi connectivity index (χ2v) is 6.82. The Balaban J connectivity index is 2.20. The maximum absolute atomic E-state index is 12.2. The van der Waals surface area contributed by atoms with Crippen LogP contribution in [0.25, 0.3) is 0 Å². The molecule has 1 aliphatic heterocycles. The summed E-state index contributed by atoms with van der Waals surface area (Å²) in [6, 6.07) is 4.34. The van der Waals surface area contributed by atoms with Gasteiger partial charge in [0.1, 0.15) is 0 Å². The molecule has 1 aromatic rings. The molecule has 0 saturated carbocycles. The number of nitrogens with zero attached hydrogens (tertiary/aromatic N) is 1. The van der Waals surface area contributed by atoms with Gasteiger partial charge in [0.05, 0.1) is 15.9 Å². The first-order valence-electron chi connectivity index (χ1n) is 6.37. The summed E-state index contributed by atoms with van der Waals surface area (Å²) < 4.78 is 26.9. The topological polar surface area (TPSA) is 101 Å². The summed E-state index contributed by atoms with van der Waals surface area (Å²) in [5.74, 6) is 0. The lowest BCUT2D eigenvalue weighted by atomic mass is 10.2. The SMILES string of the molecule is Cc1ccc(NS(=O)(=O)C2CCNCC2)cc1[N+](=O)[O-]. The van der Waals surface area contributed by atoms with E-state index in [1.54, 1.807) is 19.1 Å². The lowest BCUT2D eigenvalue weighted by Gasteiger charge is -2.23. The third-order valence-electron chi connectivity index (χ3n) is 3.39. The first-order valence-corrected chi connectivity index (χ1v) is 7.92. The van der Waals surface area contributed by atoms with Crippen LogP contribution in [-0.2, 0) is 10.0 Å². The number of aryl methyl sites for hydroxylation is 1. The molecule has 2 N–H and O–H groups in total. The van der Waals surface area contributed by atoms with E-state index in [0.29, 0.717) is 31.5 Å². The summed E-state index contributed by atoms with van der Waals surface area (Å²) >= 11 is 0. The zero-order chi connectivity index (χ0) is 14.8. The second kappa shape index (κ2) is 5.76. The van der Waals surface area contributed by atoms with Crippen LogP contribution in [0.3, 0.4) is 0 Å². The van der Waals surface area contributed by atoms with Crippen LogP contribution in [0.1, 0.15) is 18.4 Å². The predicted molar refractivity (Wildman–Crippen MR) is 76.3 cm³/mol. The van der Waals surface area contributed by atoms with Crippen molar-refractivity contribution >= 4 is 21.4 Å². The van der Waals surface area contributed by atoms with Gasteiger partial charge in [0.25, 0.3) is 5.69 Å². The quantitative estimate of drug-likeness (QED) is 0.646. The Kier molecular flexibility index (Phi) is 4.24. The number of nitrogens with one attached hydrogen (secondary N) is 2. The number of nitro benzene ring substituents is 1. The van der Waals surface area contributed by atoms with E-state index in [9.17, 15) is 18.5 Å². The van der Waals surface area contributed by atoms with E-state index >= 15 is 0 Å².